The zero-order valence-electron chi connectivity index (χ0n) is 17.7. The summed E-state index contributed by atoms with van der Waals surface area (Å²) in [4.78, 5) is 27.4. The summed E-state index contributed by atoms with van der Waals surface area (Å²) in [5, 5.41) is 22.2. The molecule has 0 aliphatic rings. The molecule has 0 saturated carbocycles. The number of nitrogens with one attached hydrogen (secondary N) is 2. The lowest BCUT2D eigenvalue weighted by Crippen LogP contribution is -2.43. The molecule has 4 rings (SSSR count). The number of amides is 1. The van der Waals surface area contributed by atoms with Crippen LogP contribution in [0.2, 0.25) is 0 Å². The van der Waals surface area contributed by atoms with Gasteiger partial charge >= 0.3 is 5.97 Å². The standard InChI is InChI=1S/C23H23N5O3S/c1-14-6-5-7-15(10-14)21-26-27-23(28(21)2)32-13-20(29)25-19(22(30)31)11-16-12-24-18-9-4-3-8-17(16)18/h3-10,12,19,24H,11,13H2,1-2H3,(H,25,29)(H,30,31). The average Bonchev–Trinajstić information content (AvgIpc) is 3.35. The summed E-state index contributed by atoms with van der Waals surface area (Å²) in [7, 11) is 1.84. The molecule has 9 heteroatoms. The molecule has 0 fully saturated rings. The number of thioether (sulfide) groups is 1. The van der Waals surface area contributed by atoms with Crippen molar-refractivity contribution in [2.45, 2.75) is 24.5 Å². The predicted molar refractivity (Wildman–Crippen MR) is 123 cm³/mol. The molecule has 3 N–H and O–H groups in total. The Kier molecular flexibility index (Phi) is 6.27. The lowest BCUT2D eigenvalue weighted by Gasteiger charge is -2.14. The smallest absolute Gasteiger partial charge is 0.326 e. The van der Waals surface area contributed by atoms with Crippen molar-refractivity contribution < 1.29 is 14.7 Å². The molecular formula is C23H23N5O3S. The first kappa shape index (κ1) is 21.6. The van der Waals surface area contributed by atoms with Gasteiger partial charge in [0, 0.05) is 36.1 Å². The van der Waals surface area contributed by atoms with Crippen LogP contribution in [0.1, 0.15) is 11.1 Å². The SMILES string of the molecule is Cc1cccc(-c2nnc(SCC(=O)NC(Cc3c[nH]c4ccccc34)C(=O)O)n2C)c1. The minimum Gasteiger partial charge on any atom is -0.480 e. The van der Waals surface area contributed by atoms with Gasteiger partial charge in [0.15, 0.2) is 11.0 Å². The van der Waals surface area contributed by atoms with Gasteiger partial charge in [-0.1, -0.05) is 53.7 Å². The fraction of sp³-hybridized carbons (Fsp3) is 0.217. The van der Waals surface area contributed by atoms with Crippen molar-refractivity contribution in [2.24, 2.45) is 7.05 Å². The third kappa shape index (κ3) is 4.67. The van der Waals surface area contributed by atoms with Crippen molar-refractivity contribution in [3.63, 3.8) is 0 Å². The quantitative estimate of drug-likeness (QED) is 0.356. The van der Waals surface area contributed by atoms with Gasteiger partial charge in [-0.25, -0.2) is 4.79 Å². The van der Waals surface area contributed by atoms with Gasteiger partial charge in [0.05, 0.1) is 5.75 Å². The highest BCUT2D eigenvalue weighted by Crippen LogP contribution is 2.23. The maximum atomic E-state index is 12.5. The maximum absolute atomic E-state index is 12.5. The summed E-state index contributed by atoms with van der Waals surface area (Å²) < 4.78 is 1.83. The van der Waals surface area contributed by atoms with E-state index in [0.717, 1.165) is 27.6 Å². The lowest BCUT2D eigenvalue weighted by atomic mass is 10.1. The number of carboxylic acid groups (broad SMARTS) is 1. The summed E-state index contributed by atoms with van der Waals surface area (Å²) in [6.45, 7) is 2.01. The van der Waals surface area contributed by atoms with Crippen molar-refractivity contribution >= 4 is 34.5 Å². The van der Waals surface area contributed by atoms with Gasteiger partial charge in [0.2, 0.25) is 5.91 Å². The molecule has 8 nitrogen and oxygen atoms in total. The van der Waals surface area contributed by atoms with Crippen molar-refractivity contribution in [3.8, 4) is 11.4 Å². The fourth-order valence-corrected chi connectivity index (χ4v) is 4.28. The van der Waals surface area contributed by atoms with Gasteiger partial charge in [0.1, 0.15) is 6.04 Å². The van der Waals surface area contributed by atoms with Crippen molar-refractivity contribution in [1.29, 1.82) is 0 Å². The van der Waals surface area contributed by atoms with E-state index in [2.05, 4.69) is 20.5 Å². The van der Waals surface area contributed by atoms with Gasteiger partial charge in [-0.05, 0) is 24.6 Å². The Morgan fingerprint density at radius 1 is 1.19 bits per heavy atom. The van der Waals surface area contributed by atoms with Gasteiger partial charge in [-0.2, -0.15) is 0 Å². The van der Waals surface area contributed by atoms with E-state index < -0.39 is 12.0 Å². The van der Waals surface area contributed by atoms with Crippen LogP contribution in [0.15, 0.2) is 59.9 Å². The van der Waals surface area contributed by atoms with Crippen LogP contribution in [0.5, 0.6) is 0 Å². The molecule has 0 bridgehead atoms. The van der Waals surface area contributed by atoms with Crippen LogP contribution in [0.4, 0.5) is 0 Å². The van der Waals surface area contributed by atoms with E-state index >= 15 is 0 Å². The molecule has 2 heterocycles. The van der Waals surface area contributed by atoms with Crippen LogP contribution in [0.25, 0.3) is 22.3 Å². The summed E-state index contributed by atoms with van der Waals surface area (Å²) in [5.74, 6) is -0.701. The molecule has 164 valence electrons. The second-order valence-electron chi connectivity index (χ2n) is 7.55. The highest BCUT2D eigenvalue weighted by Gasteiger charge is 2.22. The van der Waals surface area contributed by atoms with E-state index in [1.807, 2.05) is 67.1 Å². The zero-order valence-corrected chi connectivity index (χ0v) is 18.5. The van der Waals surface area contributed by atoms with Crippen LogP contribution < -0.4 is 5.32 Å². The number of carboxylic acids is 1. The Morgan fingerprint density at radius 2 is 2.00 bits per heavy atom. The number of carbonyl (C=O) groups excluding carboxylic acids is 1. The zero-order chi connectivity index (χ0) is 22.7. The minimum absolute atomic E-state index is 0.0391. The van der Waals surface area contributed by atoms with Gasteiger partial charge in [0.25, 0.3) is 0 Å². The van der Waals surface area contributed by atoms with Crippen molar-refractivity contribution in [3.05, 3.63) is 65.9 Å². The highest BCUT2D eigenvalue weighted by molar-refractivity contribution is 7.99. The minimum atomic E-state index is -1.07. The third-order valence-corrected chi connectivity index (χ3v) is 6.20. The van der Waals surface area contributed by atoms with E-state index in [4.69, 9.17) is 0 Å². The molecule has 1 amide bonds. The van der Waals surface area contributed by atoms with Crippen molar-refractivity contribution in [2.75, 3.05) is 5.75 Å². The molecule has 4 aromatic rings. The van der Waals surface area contributed by atoms with Crippen molar-refractivity contribution in [1.82, 2.24) is 25.1 Å². The number of aromatic amines is 1. The summed E-state index contributed by atoms with van der Waals surface area (Å²) in [6, 6.07) is 14.6. The number of carbonyl (C=O) groups is 2. The number of nitrogens with zero attached hydrogens (tertiary/aromatic N) is 3. The third-order valence-electron chi connectivity index (χ3n) is 5.18. The monoisotopic (exact) mass is 449 g/mol. The molecule has 2 aromatic heterocycles. The second kappa shape index (κ2) is 9.27. The Bertz CT molecular complexity index is 1280. The lowest BCUT2D eigenvalue weighted by molar-refractivity contribution is -0.141. The molecule has 32 heavy (non-hydrogen) atoms. The van der Waals surface area contributed by atoms with Crippen LogP contribution >= 0.6 is 11.8 Å². The first-order chi connectivity index (χ1) is 15.4. The Hall–Kier alpha value is -3.59. The highest BCUT2D eigenvalue weighted by atomic mass is 32.2. The molecule has 0 radical (unpaired) electrons. The first-order valence-electron chi connectivity index (χ1n) is 10.1. The van der Waals surface area contributed by atoms with Crippen LogP contribution in [0.3, 0.4) is 0 Å². The number of rotatable bonds is 8. The molecule has 0 saturated heterocycles. The molecule has 1 atom stereocenters. The number of hydrogen-bond donors (Lipinski definition) is 3. The number of aryl methyl sites for hydroxylation is 1. The second-order valence-corrected chi connectivity index (χ2v) is 8.49. The fourth-order valence-electron chi connectivity index (χ4n) is 3.56. The Morgan fingerprint density at radius 3 is 2.78 bits per heavy atom. The number of aromatic nitrogens is 4. The number of hydrogen-bond acceptors (Lipinski definition) is 5. The van der Waals surface area contributed by atoms with E-state index in [1.165, 1.54) is 11.8 Å². The van der Waals surface area contributed by atoms with Gasteiger partial charge in [-0.15, -0.1) is 10.2 Å². The van der Waals surface area contributed by atoms with E-state index in [9.17, 15) is 14.7 Å². The number of fused-ring (bicyclic) bond motifs is 1. The normalized spacial score (nSPS) is 12.1. The first-order valence-corrected chi connectivity index (χ1v) is 11.1. The summed E-state index contributed by atoms with van der Waals surface area (Å²) in [5.41, 5.74) is 3.84. The number of benzene rings is 2. The number of para-hydroxylation sites is 1. The topological polar surface area (TPSA) is 113 Å². The maximum Gasteiger partial charge on any atom is 0.326 e. The average molecular weight is 450 g/mol. The Labute approximate surface area is 189 Å². The number of aliphatic carboxylic acids is 1. The molecule has 0 aliphatic heterocycles. The van der Waals surface area contributed by atoms with E-state index in [-0.39, 0.29) is 18.1 Å². The summed E-state index contributed by atoms with van der Waals surface area (Å²) >= 11 is 1.22. The van der Waals surface area contributed by atoms with E-state index in [0.29, 0.717) is 11.0 Å². The van der Waals surface area contributed by atoms with Gasteiger partial charge < -0.3 is 20.0 Å². The molecule has 2 aromatic carbocycles. The molecule has 0 spiro atoms. The van der Waals surface area contributed by atoms with Crippen LogP contribution in [-0.4, -0.2) is 48.5 Å². The molecular weight excluding hydrogens is 426 g/mol. The van der Waals surface area contributed by atoms with Gasteiger partial charge in [-0.3, -0.25) is 4.79 Å². The number of H-pyrrole nitrogens is 1. The van der Waals surface area contributed by atoms with Crippen LogP contribution in [-0.2, 0) is 23.1 Å². The van der Waals surface area contributed by atoms with E-state index in [1.54, 1.807) is 6.20 Å². The molecule has 0 aliphatic carbocycles. The predicted octanol–water partition coefficient (Wildman–Crippen LogP) is 3.18. The molecule has 1 unspecified atom stereocenters. The Balaban J connectivity index is 1.40. The van der Waals surface area contributed by atoms with Crippen LogP contribution in [0, 0.1) is 6.92 Å². The largest absolute Gasteiger partial charge is 0.480 e. The summed E-state index contributed by atoms with van der Waals surface area (Å²) in [6.07, 6.45) is 1.98.